The van der Waals surface area contributed by atoms with E-state index in [0.717, 1.165) is 35.4 Å². The van der Waals surface area contributed by atoms with Gasteiger partial charge in [-0.05, 0) is 47.8 Å². The lowest BCUT2D eigenvalue weighted by Crippen LogP contribution is -2.24. The van der Waals surface area contributed by atoms with Gasteiger partial charge in [-0.1, -0.05) is 0 Å². The van der Waals surface area contributed by atoms with Crippen molar-refractivity contribution in [1.82, 2.24) is 19.9 Å². The molecule has 2 aromatic heterocycles. The maximum Gasteiger partial charge on any atom is 0.171 e. The van der Waals surface area contributed by atoms with Gasteiger partial charge in [0.2, 0.25) is 0 Å². The van der Waals surface area contributed by atoms with E-state index in [4.69, 9.17) is 0 Å². The minimum atomic E-state index is 0.669. The summed E-state index contributed by atoms with van der Waals surface area (Å²) in [7, 11) is 0. The lowest BCUT2D eigenvalue weighted by Gasteiger charge is -2.11. The molecule has 18 heavy (non-hydrogen) atoms. The molecule has 1 aliphatic heterocycles. The summed E-state index contributed by atoms with van der Waals surface area (Å²) in [5.41, 5.74) is 0.846. The highest BCUT2D eigenvalue weighted by molar-refractivity contribution is 9.10. The second-order valence-electron chi connectivity index (χ2n) is 4.58. The fourth-order valence-corrected chi connectivity index (χ4v) is 2.68. The van der Waals surface area contributed by atoms with Crippen LogP contribution in [0.2, 0.25) is 0 Å². The Bertz CT molecular complexity index is 532. The third-order valence-corrected chi connectivity index (χ3v) is 3.85. The van der Waals surface area contributed by atoms with Crippen molar-refractivity contribution in [3.8, 4) is 0 Å². The third-order valence-electron chi connectivity index (χ3n) is 3.29. The molecule has 1 saturated heterocycles. The molecule has 1 aliphatic rings. The number of fused-ring (bicyclic) bond motifs is 1. The lowest BCUT2D eigenvalue weighted by molar-refractivity contribution is 0.574. The molecule has 6 heteroatoms. The number of hydrogen-bond donors (Lipinski definition) is 2. The smallest absolute Gasteiger partial charge is 0.171 e. The van der Waals surface area contributed by atoms with Gasteiger partial charge in [-0.3, -0.25) is 0 Å². The van der Waals surface area contributed by atoms with Crippen molar-refractivity contribution in [1.29, 1.82) is 0 Å². The molecule has 1 atom stereocenters. The molecule has 0 aromatic carbocycles. The molecule has 0 radical (unpaired) electrons. The van der Waals surface area contributed by atoms with Crippen molar-refractivity contribution < 1.29 is 0 Å². The van der Waals surface area contributed by atoms with Crippen LogP contribution in [0.5, 0.6) is 0 Å². The Labute approximate surface area is 114 Å². The van der Waals surface area contributed by atoms with Crippen molar-refractivity contribution >= 4 is 27.4 Å². The van der Waals surface area contributed by atoms with Gasteiger partial charge in [0.1, 0.15) is 5.82 Å². The molecule has 3 rings (SSSR count). The molecular formula is C12H16BrN5. The Balaban J connectivity index is 1.61. The number of anilines is 1. The van der Waals surface area contributed by atoms with Crippen molar-refractivity contribution in [2.24, 2.45) is 0 Å². The average Bonchev–Trinajstić information content (AvgIpc) is 3.01. The fourth-order valence-electron chi connectivity index (χ4n) is 2.32. The van der Waals surface area contributed by atoms with Crippen LogP contribution in [0.4, 0.5) is 5.82 Å². The topological polar surface area (TPSA) is 54.2 Å². The maximum absolute atomic E-state index is 4.52. The largest absolute Gasteiger partial charge is 0.370 e. The Morgan fingerprint density at radius 2 is 2.50 bits per heavy atom. The number of hydrogen-bond acceptors (Lipinski definition) is 4. The molecule has 96 valence electrons. The van der Waals surface area contributed by atoms with Gasteiger partial charge < -0.3 is 10.6 Å². The van der Waals surface area contributed by atoms with E-state index in [0.29, 0.717) is 6.04 Å². The number of nitrogens with one attached hydrogen (secondary N) is 2. The summed E-state index contributed by atoms with van der Waals surface area (Å²) in [5, 5.41) is 11.0. The molecule has 0 amide bonds. The van der Waals surface area contributed by atoms with E-state index in [1.165, 1.54) is 12.8 Å². The van der Waals surface area contributed by atoms with E-state index >= 15 is 0 Å². The van der Waals surface area contributed by atoms with Crippen LogP contribution in [0, 0.1) is 0 Å². The second kappa shape index (κ2) is 5.24. The van der Waals surface area contributed by atoms with E-state index in [2.05, 4.69) is 36.6 Å². The van der Waals surface area contributed by atoms with Gasteiger partial charge in [0.25, 0.3) is 0 Å². The van der Waals surface area contributed by atoms with Crippen molar-refractivity contribution in [3.63, 3.8) is 0 Å². The minimum Gasteiger partial charge on any atom is -0.370 e. The first-order chi connectivity index (χ1) is 8.83. The maximum atomic E-state index is 4.52. The van der Waals surface area contributed by atoms with Gasteiger partial charge in [0, 0.05) is 18.8 Å². The van der Waals surface area contributed by atoms with Crippen LogP contribution < -0.4 is 10.6 Å². The molecule has 3 heterocycles. The summed E-state index contributed by atoms with van der Waals surface area (Å²) in [5.74, 6) is 0.904. The van der Waals surface area contributed by atoms with E-state index in [1.54, 1.807) is 10.7 Å². The summed E-state index contributed by atoms with van der Waals surface area (Å²) in [6, 6.07) is 2.62. The molecule has 0 bridgehead atoms. The predicted octanol–water partition coefficient (Wildman–Crippen LogP) is 2.05. The highest BCUT2D eigenvalue weighted by Crippen LogP contribution is 2.17. The lowest BCUT2D eigenvalue weighted by atomic mass is 10.1. The van der Waals surface area contributed by atoms with Crippen LogP contribution in [-0.4, -0.2) is 33.7 Å². The summed E-state index contributed by atoms with van der Waals surface area (Å²) < 4.78 is 2.68. The first-order valence-electron chi connectivity index (χ1n) is 6.30. The van der Waals surface area contributed by atoms with Gasteiger partial charge in [-0.2, -0.15) is 5.10 Å². The molecule has 5 nitrogen and oxygen atoms in total. The zero-order chi connectivity index (χ0) is 12.4. The molecule has 2 N–H and O–H groups in total. The normalized spacial score (nSPS) is 19.5. The van der Waals surface area contributed by atoms with Gasteiger partial charge >= 0.3 is 0 Å². The van der Waals surface area contributed by atoms with Crippen molar-refractivity contribution in [2.45, 2.75) is 25.3 Å². The average molecular weight is 310 g/mol. The second-order valence-corrected chi connectivity index (χ2v) is 5.44. The number of nitrogens with zero attached hydrogens (tertiary/aromatic N) is 3. The minimum absolute atomic E-state index is 0.669. The van der Waals surface area contributed by atoms with Crippen LogP contribution in [0.1, 0.15) is 19.3 Å². The molecular weight excluding hydrogens is 294 g/mol. The van der Waals surface area contributed by atoms with Crippen LogP contribution in [0.3, 0.4) is 0 Å². The van der Waals surface area contributed by atoms with E-state index in [-0.39, 0.29) is 0 Å². The summed E-state index contributed by atoms with van der Waals surface area (Å²) in [6.07, 6.45) is 7.42. The first kappa shape index (κ1) is 11.9. The summed E-state index contributed by atoms with van der Waals surface area (Å²) in [6.45, 7) is 2.12. The van der Waals surface area contributed by atoms with Crippen LogP contribution in [0.25, 0.3) is 5.65 Å². The number of halogens is 1. The standard InChI is InChI=1S/C12H16BrN5/c13-10-8-16-18-7-4-11(17-12(10)18)15-6-3-9-2-1-5-14-9/h4,7-9,14H,1-3,5-6H2,(H,15,17). The third kappa shape index (κ3) is 2.49. The summed E-state index contributed by atoms with van der Waals surface area (Å²) >= 11 is 3.44. The van der Waals surface area contributed by atoms with E-state index in [9.17, 15) is 0 Å². The highest BCUT2D eigenvalue weighted by atomic mass is 79.9. The monoisotopic (exact) mass is 309 g/mol. The molecule has 2 aromatic rings. The number of rotatable bonds is 4. The molecule has 1 unspecified atom stereocenters. The molecule has 0 saturated carbocycles. The van der Waals surface area contributed by atoms with Gasteiger partial charge in [0.15, 0.2) is 5.65 Å². The predicted molar refractivity (Wildman–Crippen MR) is 74.8 cm³/mol. The Hall–Kier alpha value is -1.14. The molecule has 0 aliphatic carbocycles. The molecule has 1 fully saturated rings. The summed E-state index contributed by atoms with van der Waals surface area (Å²) in [4.78, 5) is 4.52. The van der Waals surface area contributed by atoms with Gasteiger partial charge in [-0.25, -0.2) is 9.50 Å². The fraction of sp³-hybridized carbons (Fsp3) is 0.500. The Kier molecular flexibility index (Phi) is 3.47. The van der Waals surface area contributed by atoms with Gasteiger partial charge in [0.05, 0.1) is 10.7 Å². The van der Waals surface area contributed by atoms with Crippen molar-refractivity contribution in [3.05, 3.63) is 22.9 Å². The quantitative estimate of drug-likeness (QED) is 0.907. The highest BCUT2D eigenvalue weighted by Gasteiger charge is 2.13. The Morgan fingerprint density at radius 3 is 3.33 bits per heavy atom. The number of aromatic nitrogens is 3. The van der Waals surface area contributed by atoms with Crippen LogP contribution in [-0.2, 0) is 0 Å². The van der Waals surface area contributed by atoms with Crippen LogP contribution in [0.15, 0.2) is 22.9 Å². The SMILES string of the molecule is Brc1cnn2ccc(NCCC3CCCN3)nc12. The zero-order valence-corrected chi connectivity index (χ0v) is 11.7. The van der Waals surface area contributed by atoms with Crippen molar-refractivity contribution in [2.75, 3.05) is 18.4 Å². The molecule has 0 spiro atoms. The van der Waals surface area contributed by atoms with E-state index in [1.807, 2.05) is 12.3 Å². The first-order valence-corrected chi connectivity index (χ1v) is 7.09. The van der Waals surface area contributed by atoms with Gasteiger partial charge in [-0.15, -0.1) is 0 Å². The van der Waals surface area contributed by atoms with Crippen LogP contribution >= 0.6 is 15.9 Å². The zero-order valence-electron chi connectivity index (χ0n) is 10.1. The Morgan fingerprint density at radius 1 is 1.56 bits per heavy atom. The van der Waals surface area contributed by atoms with E-state index < -0.39 is 0 Å².